The zero-order chi connectivity index (χ0) is 26.5. The Morgan fingerprint density at radius 1 is 1.22 bits per heavy atom. The van der Waals surface area contributed by atoms with Crippen LogP contribution in [0.3, 0.4) is 0 Å². The van der Waals surface area contributed by atoms with Crippen molar-refractivity contribution in [1.82, 2.24) is 29.7 Å². The first-order chi connectivity index (χ1) is 17.1. The Hall–Kier alpha value is -3.65. The van der Waals surface area contributed by atoms with Gasteiger partial charge in [0.15, 0.2) is 5.82 Å². The number of nitrogens with zero attached hydrogens (tertiary/aromatic N) is 8. The third-order valence-electron chi connectivity index (χ3n) is 5.53. The van der Waals surface area contributed by atoms with Crippen LogP contribution >= 0.6 is 11.6 Å². The van der Waals surface area contributed by atoms with E-state index in [1.54, 1.807) is 46.0 Å². The monoisotopic (exact) mass is 534 g/mol. The smallest absolute Gasteiger partial charge is 0.239 e. The molecule has 0 saturated heterocycles. The maximum atomic E-state index is 13.4. The predicted molar refractivity (Wildman–Crippen MR) is 138 cm³/mol. The Bertz CT molecular complexity index is 1360. The summed E-state index contributed by atoms with van der Waals surface area (Å²) in [5.41, 5.74) is 5.89. The Kier molecular flexibility index (Phi) is 8.53. The SMILES string of the molecule is CN=C(N=CN)[C@H](C)n1c(NS(=O)(=O)[C@@H](C)[C@H](C)c2ncc(Cl)cn2)nnc1-c1cccc(OC)n1. The number of hydrogen-bond donors (Lipinski definition) is 2. The number of nitrogens with one attached hydrogen (secondary N) is 1. The highest BCUT2D eigenvalue weighted by Crippen LogP contribution is 2.29. The molecule has 0 aliphatic rings. The molecule has 192 valence electrons. The van der Waals surface area contributed by atoms with Gasteiger partial charge in [-0.3, -0.25) is 14.3 Å². The highest BCUT2D eigenvalue weighted by molar-refractivity contribution is 7.93. The molecule has 15 heteroatoms. The van der Waals surface area contributed by atoms with E-state index in [4.69, 9.17) is 22.1 Å². The summed E-state index contributed by atoms with van der Waals surface area (Å²) < 4.78 is 36.1. The van der Waals surface area contributed by atoms with Gasteiger partial charge in [0.2, 0.25) is 21.9 Å². The van der Waals surface area contributed by atoms with Gasteiger partial charge < -0.3 is 10.5 Å². The maximum Gasteiger partial charge on any atom is 0.239 e. The van der Waals surface area contributed by atoms with Crippen LogP contribution in [0.25, 0.3) is 11.5 Å². The van der Waals surface area contributed by atoms with Gasteiger partial charge in [0.05, 0.1) is 29.8 Å². The molecule has 0 spiro atoms. The average molecular weight is 535 g/mol. The van der Waals surface area contributed by atoms with E-state index >= 15 is 0 Å². The lowest BCUT2D eigenvalue weighted by atomic mass is 10.1. The number of nitrogens with two attached hydrogens (primary N) is 1. The Morgan fingerprint density at radius 3 is 2.53 bits per heavy atom. The Morgan fingerprint density at radius 2 is 1.92 bits per heavy atom. The summed E-state index contributed by atoms with van der Waals surface area (Å²) in [6.45, 7) is 5.02. The summed E-state index contributed by atoms with van der Waals surface area (Å²) in [6, 6.07) is 4.50. The van der Waals surface area contributed by atoms with Crippen LogP contribution in [0, 0.1) is 0 Å². The van der Waals surface area contributed by atoms with E-state index in [2.05, 4.69) is 39.9 Å². The molecule has 0 aliphatic heterocycles. The molecule has 3 atom stereocenters. The number of rotatable bonds is 9. The Balaban J connectivity index is 2.05. The first-order valence-corrected chi connectivity index (χ1v) is 12.7. The van der Waals surface area contributed by atoms with Crippen LogP contribution in [0.5, 0.6) is 5.88 Å². The number of ether oxygens (including phenoxy) is 1. The van der Waals surface area contributed by atoms with Crippen LogP contribution in [0.2, 0.25) is 5.02 Å². The summed E-state index contributed by atoms with van der Waals surface area (Å²) in [5.74, 6) is 0.680. The number of amidine groups is 1. The minimum atomic E-state index is -3.99. The molecule has 13 nitrogen and oxygen atoms in total. The highest BCUT2D eigenvalue weighted by Gasteiger charge is 2.32. The van der Waals surface area contributed by atoms with Gasteiger partial charge in [-0.05, 0) is 19.9 Å². The van der Waals surface area contributed by atoms with Crippen LogP contribution in [0.15, 0.2) is 40.6 Å². The van der Waals surface area contributed by atoms with Crippen molar-refractivity contribution in [1.29, 1.82) is 0 Å². The molecule has 3 aromatic rings. The fraction of sp³-hybridized carbons (Fsp3) is 0.381. The van der Waals surface area contributed by atoms with Gasteiger partial charge in [-0.15, -0.1) is 10.2 Å². The second-order valence-electron chi connectivity index (χ2n) is 7.72. The summed E-state index contributed by atoms with van der Waals surface area (Å²) in [5, 5.41) is 7.74. The lowest BCUT2D eigenvalue weighted by Gasteiger charge is -2.22. The van der Waals surface area contributed by atoms with E-state index in [1.807, 2.05) is 0 Å². The summed E-state index contributed by atoms with van der Waals surface area (Å²) in [4.78, 5) is 21.0. The molecule has 3 rings (SSSR count). The van der Waals surface area contributed by atoms with E-state index in [-0.39, 0.29) is 11.8 Å². The van der Waals surface area contributed by atoms with E-state index < -0.39 is 27.2 Å². The van der Waals surface area contributed by atoms with Gasteiger partial charge >= 0.3 is 0 Å². The molecule has 0 fully saturated rings. The van der Waals surface area contributed by atoms with E-state index in [1.165, 1.54) is 24.1 Å². The zero-order valence-corrected chi connectivity index (χ0v) is 21.9. The number of sulfonamides is 1. The number of aliphatic imine (C=N–C) groups is 2. The second kappa shape index (κ2) is 11.4. The standard InChI is InChI=1S/C21H27ClN10O3S/c1-12(18-25-9-15(22)10-26-18)14(3)36(33,34)31-21-30-29-20(16-7-6-8-17(28-16)35-5)32(21)13(2)19(24-4)27-11-23/h6-14H,1-5H3,(H,30,31)(H2,23,24,27)/t12-,13-,14-/m0/s1. The minimum absolute atomic E-state index is 0.0495. The number of anilines is 1. The van der Waals surface area contributed by atoms with Crippen molar-refractivity contribution in [3.63, 3.8) is 0 Å². The van der Waals surface area contributed by atoms with Crippen LogP contribution in [0.1, 0.15) is 38.6 Å². The summed E-state index contributed by atoms with van der Waals surface area (Å²) in [7, 11) is -0.950. The van der Waals surface area contributed by atoms with Crippen LogP contribution in [-0.2, 0) is 10.0 Å². The second-order valence-corrected chi connectivity index (χ2v) is 10.2. The molecule has 3 heterocycles. The fourth-order valence-corrected chi connectivity index (χ4v) is 4.69. The van der Waals surface area contributed by atoms with Gasteiger partial charge in [0, 0.05) is 31.4 Å². The van der Waals surface area contributed by atoms with Crippen molar-refractivity contribution in [3.05, 3.63) is 41.4 Å². The van der Waals surface area contributed by atoms with E-state index in [9.17, 15) is 8.42 Å². The van der Waals surface area contributed by atoms with Gasteiger partial charge in [-0.25, -0.2) is 28.4 Å². The van der Waals surface area contributed by atoms with Crippen LogP contribution < -0.4 is 15.2 Å². The predicted octanol–water partition coefficient (Wildman–Crippen LogP) is 2.30. The molecule has 0 aromatic carbocycles. The lowest BCUT2D eigenvalue weighted by Crippen LogP contribution is -2.32. The van der Waals surface area contributed by atoms with Crippen LogP contribution in [-0.4, -0.2) is 69.7 Å². The molecule has 0 bridgehead atoms. The topological polar surface area (TPSA) is 176 Å². The third kappa shape index (κ3) is 5.76. The number of aromatic nitrogens is 6. The lowest BCUT2D eigenvalue weighted by molar-refractivity contribution is 0.398. The first kappa shape index (κ1) is 26.9. The zero-order valence-electron chi connectivity index (χ0n) is 20.4. The number of methoxy groups -OCH3 is 1. The van der Waals surface area contributed by atoms with E-state index in [0.717, 1.165) is 6.34 Å². The maximum absolute atomic E-state index is 13.4. The van der Waals surface area contributed by atoms with Crippen molar-refractivity contribution in [2.45, 2.75) is 38.0 Å². The summed E-state index contributed by atoms with van der Waals surface area (Å²) in [6.07, 6.45) is 3.94. The fourth-order valence-electron chi connectivity index (χ4n) is 3.36. The molecular formula is C21H27ClN10O3S. The number of hydrogen-bond acceptors (Lipinski definition) is 9. The molecular weight excluding hydrogens is 508 g/mol. The van der Waals surface area contributed by atoms with Crippen LogP contribution in [0.4, 0.5) is 5.95 Å². The summed E-state index contributed by atoms with van der Waals surface area (Å²) >= 11 is 5.86. The van der Waals surface area contributed by atoms with Gasteiger partial charge in [0.25, 0.3) is 0 Å². The quantitative estimate of drug-likeness (QED) is 0.308. The number of halogens is 1. The third-order valence-corrected chi connectivity index (χ3v) is 7.58. The van der Waals surface area contributed by atoms with Crippen molar-refractivity contribution >= 4 is 39.7 Å². The molecule has 3 N–H and O–H groups in total. The average Bonchev–Trinajstić information content (AvgIpc) is 3.29. The minimum Gasteiger partial charge on any atom is -0.481 e. The highest BCUT2D eigenvalue weighted by atomic mass is 35.5. The van der Waals surface area contributed by atoms with Crippen molar-refractivity contribution in [2.24, 2.45) is 15.7 Å². The van der Waals surface area contributed by atoms with E-state index in [0.29, 0.717) is 28.3 Å². The van der Waals surface area contributed by atoms with Crippen molar-refractivity contribution in [3.8, 4) is 17.4 Å². The molecule has 3 aromatic heterocycles. The largest absolute Gasteiger partial charge is 0.481 e. The molecule has 0 saturated carbocycles. The molecule has 36 heavy (non-hydrogen) atoms. The van der Waals surface area contributed by atoms with Crippen molar-refractivity contribution < 1.29 is 13.2 Å². The number of pyridine rings is 1. The van der Waals surface area contributed by atoms with Gasteiger partial charge in [-0.2, -0.15) is 0 Å². The Labute approximate surface area is 214 Å². The normalized spacial score (nSPS) is 15.0. The van der Waals surface area contributed by atoms with Gasteiger partial charge in [-0.1, -0.05) is 24.6 Å². The molecule has 0 amide bonds. The van der Waals surface area contributed by atoms with Gasteiger partial charge in [0.1, 0.15) is 17.4 Å². The molecule has 0 unspecified atom stereocenters. The molecule has 0 aliphatic carbocycles. The van der Waals surface area contributed by atoms with Crippen molar-refractivity contribution in [2.75, 3.05) is 18.9 Å². The first-order valence-electron chi connectivity index (χ1n) is 10.8. The molecule has 0 radical (unpaired) electrons.